The molecule has 0 spiro atoms. The molecule has 0 radical (unpaired) electrons. The van der Waals surface area contributed by atoms with Crippen LogP contribution in [-0.4, -0.2) is 19.2 Å². The van der Waals surface area contributed by atoms with Crippen LogP contribution < -0.4 is 11.2 Å². The second-order valence-corrected chi connectivity index (χ2v) is 4.49. The number of fused-ring (bicyclic) bond motifs is 1. The highest BCUT2D eigenvalue weighted by Crippen LogP contribution is 2.14. The average Bonchev–Trinajstić information content (AvgIpc) is 2.76. The standard InChI is InChI=1S/C13H12N4O2/c1-8-3-4-9(2)10(7-8)16-5-6-17-11(12(16)18)14-15-13(17)19/h3-7H,1-2H3,(H,15,19). The largest absolute Gasteiger partial charge is 0.347 e. The molecule has 3 aromatic rings. The van der Waals surface area contributed by atoms with E-state index in [0.717, 1.165) is 16.8 Å². The third-order valence-corrected chi connectivity index (χ3v) is 3.10. The molecule has 6 heteroatoms. The number of nitrogens with zero attached hydrogens (tertiary/aromatic N) is 3. The number of rotatable bonds is 1. The van der Waals surface area contributed by atoms with Gasteiger partial charge in [-0.05, 0) is 31.0 Å². The fraction of sp³-hybridized carbons (Fsp3) is 0.154. The van der Waals surface area contributed by atoms with Crippen LogP contribution in [0.2, 0.25) is 0 Å². The Morgan fingerprint density at radius 3 is 2.74 bits per heavy atom. The minimum Gasteiger partial charge on any atom is -0.279 e. The Bertz CT molecular complexity index is 886. The van der Waals surface area contributed by atoms with E-state index in [-0.39, 0.29) is 11.2 Å². The lowest BCUT2D eigenvalue weighted by molar-refractivity contribution is 0.930. The lowest BCUT2D eigenvalue weighted by Crippen LogP contribution is -2.23. The van der Waals surface area contributed by atoms with E-state index in [1.807, 2.05) is 32.0 Å². The number of hydrogen-bond acceptors (Lipinski definition) is 3. The molecule has 0 unspecified atom stereocenters. The number of aromatic nitrogens is 4. The van der Waals surface area contributed by atoms with Crippen LogP contribution in [-0.2, 0) is 0 Å². The fourth-order valence-corrected chi connectivity index (χ4v) is 2.07. The van der Waals surface area contributed by atoms with Gasteiger partial charge in [0.25, 0.3) is 0 Å². The normalized spacial score (nSPS) is 11.1. The van der Waals surface area contributed by atoms with Gasteiger partial charge in [-0.1, -0.05) is 12.1 Å². The molecule has 1 aromatic carbocycles. The molecule has 0 saturated carbocycles. The summed E-state index contributed by atoms with van der Waals surface area (Å²) in [6.45, 7) is 3.90. The van der Waals surface area contributed by atoms with Gasteiger partial charge in [0.1, 0.15) is 0 Å². The van der Waals surface area contributed by atoms with Crippen molar-refractivity contribution in [2.75, 3.05) is 0 Å². The summed E-state index contributed by atoms with van der Waals surface area (Å²) in [4.78, 5) is 23.7. The van der Waals surface area contributed by atoms with Crippen LogP contribution >= 0.6 is 0 Å². The predicted octanol–water partition coefficient (Wildman–Crippen LogP) is 0.790. The molecule has 96 valence electrons. The summed E-state index contributed by atoms with van der Waals surface area (Å²) in [5, 5.41) is 6.01. The van der Waals surface area contributed by atoms with Crippen LogP contribution in [0.3, 0.4) is 0 Å². The minimum absolute atomic E-state index is 0.0911. The minimum atomic E-state index is -0.416. The van der Waals surface area contributed by atoms with E-state index in [2.05, 4.69) is 10.2 Å². The van der Waals surface area contributed by atoms with Crippen LogP contribution in [0.25, 0.3) is 11.3 Å². The molecule has 6 nitrogen and oxygen atoms in total. The van der Waals surface area contributed by atoms with Crippen LogP contribution in [0, 0.1) is 13.8 Å². The number of aryl methyl sites for hydroxylation is 2. The average molecular weight is 256 g/mol. The van der Waals surface area contributed by atoms with Gasteiger partial charge in [0.2, 0.25) is 5.65 Å². The van der Waals surface area contributed by atoms with Crippen molar-refractivity contribution in [2.45, 2.75) is 13.8 Å². The Hall–Kier alpha value is -2.63. The van der Waals surface area contributed by atoms with E-state index >= 15 is 0 Å². The number of hydrogen-bond donors (Lipinski definition) is 1. The molecular weight excluding hydrogens is 244 g/mol. The maximum Gasteiger partial charge on any atom is 0.347 e. The van der Waals surface area contributed by atoms with Crippen molar-refractivity contribution in [2.24, 2.45) is 0 Å². The van der Waals surface area contributed by atoms with Crippen molar-refractivity contribution in [3.8, 4) is 5.69 Å². The quantitative estimate of drug-likeness (QED) is 0.699. The van der Waals surface area contributed by atoms with Crippen LogP contribution in [0.1, 0.15) is 11.1 Å². The van der Waals surface area contributed by atoms with Crippen LogP contribution in [0.15, 0.2) is 40.2 Å². The zero-order valence-corrected chi connectivity index (χ0v) is 10.5. The first-order chi connectivity index (χ1) is 9.08. The topological polar surface area (TPSA) is 72.2 Å². The van der Waals surface area contributed by atoms with Crippen molar-refractivity contribution in [1.29, 1.82) is 0 Å². The summed E-state index contributed by atoms with van der Waals surface area (Å²) in [5.74, 6) is 0. The van der Waals surface area contributed by atoms with E-state index in [1.165, 1.54) is 15.2 Å². The van der Waals surface area contributed by atoms with Gasteiger partial charge in [-0.25, -0.2) is 14.3 Å². The van der Waals surface area contributed by atoms with Crippen molar-refractivity contribution < 1.29 is 0 Å². The Morgan fingerprint density at radius 2 is 1.95 bits per heavy atom. The Balaban J connectivity index is 2.37. The summed E-state index contributed by atoms with van der Waals surface area (Å²) >= 11 is 0. The van der Waals surface area contributed by atoms with Gasteiger partial charge in [-0.3, -0.25) is 9.36 Å². The summed E-state index contributed by atoms with van der Waals surface area (Å²) in [7, 11) is 0. The SMILES string of the molecule is Cc1ccc(C)c(-n2ccn3c(=O)[nH]nc3c2=O)c1. The van der Waals surface area contributed by atoms with Crippen molar-refractivity contribution in [3.05, 3.63) is 62.6 Å². The van der Waals surface area contributed by atoms with Gasteiger partial charge in [0.05, 0.1) is 5.69 Å². The van der Waals surface area contributed by atoms with Crippen LogP contribution in [0.5, 0.6) is 0 Å². The summed E-state index contributed by atoms with van der Waals surface area (Å²) in [5.41, 5.74) is 2.19. The first kappa shape index (κ1) is 11.5. The second-order valence-electron chi connectivity index (χ2n) is 4.49. The highest BCUT2D eigenvalue weighted by molar-refractivity contribution is 5.46. The molecule has 0 amide bonds. The third kappa shape index (κ3) is 1.69. The maximum atomic E-state index is 12.3. The Morgan fingerprint density at radius 1 is 1.16 bits per heavy atom. The van der Waals surface area contributed by atoms with Gasteiger partial charge in [0, 0.05) is 12.4 Å². The van der Waals surface area contributed by atoms with Gasteiger partial charge in [-0.2, -0.15) is 0 Å². The first-order valence-corrected chi connectivity index (χ1v) is 5.84. The molecule has 2 heterocycles. The van der Waals surface area contributed by atoms with E-state index in [4.69, 9.17) is 0 Å². The maximum absolute atomic E-state index is 12.3. The molecule has 0 atom stereocenters. The van der Waals surface area contributed by atoms with E-state index < -0.39 is 5.69 Å². The van der Waals surface area contributed by atoms with Crippen LogP contribution in [0.4, 0.5) is 0 Å². The van der Waals surface area contributed by atoms with Gasteiger partial charge < -0.3 is 0 Å². The molecule has 0 aliphatic rings. The third-order valence-electron chi connectivity index (χ3n) is 3.10. The van der Waals surface area contributed by atoms with Gasteiger partial charge >= 0.3 is 11.2 Å². The molecule has 19 heavy (non-hydrogen) atoms. The van der Waals surface area contributed by atoms with E-state index in [9.17, 15) is 9.59 Å². The molecule has 2 aromatic heterocycles. The summed E-state index contributed by atoms with van der Waals surface area (Å²) in [6.07, 6.45) is 3.11. The molecule has 3 rings (SSSR count). The summed E-state index contributed by atoms with van der Waals surface area (Å²) in [6, 6.07) is 5.87. The molecule has 0 saturated heterocycles. The highest BCUT2D eigenvalue weighted by Gasteiger charge is 2.10. The number of nitrogens with one attached hydrogen (secondary N) is 1. The first-order valence-electron chi connectivity index (χ1n) is 5.84. The monoisotopic (exact) mass is 256 g/mol. The van der Waals surface area contributed by atoms with Crippen molar-refractivity contribution in [1.82, 2.24) is 19.2 Å². The summed E-state index contributed by atoms with van der Waals surface area (Å²) < 4.78 is 2.70. The van der Waals surface area contributed by atoms with Gasteiger partial charge in [-0.15, -0.1) is 5.10 Å². The zero-order valence-electron chi connectivity index (χ0n) is 10.5. The highest BCUT2D eigenvalue weighted by atomic mass is 16.2. The van der Waals surface area contributed by atoms with Crippen molar-refractivity contribution in [3.63, 3.8) is 0 Å². The molecule has 0 fully saturated rings. The number of H-pyrrole nitrogens is 1. The van der Waals surface area contributed by atoms with Gasteiger partial charge in [0.15, 0.2) is 0 Å². The lowest BCUT2D eigenvalue weighted by atomic mass is 10.1. The predicted molar refractivity (Wildman–Crippen MR) is 70.9 cm³/mol. The Kier molecular flexibility index (Phi) is 2.38. The lowest BCUT2D eigenvalue weighted by Gasteiger charge is -2.09. The number of aromatic amines is 1. The zero-order chi connectivity index (χ0) is 13.6. The molecule has 0 bridgehead atoms. The van der Waals surface area contributed by atoms with E-state index in [1.54, 1.807) is 6.20 Å². The molecule has 1 N–H and O–H groups in total. The molecular formula is C13H12N4O2. The Labute approximate surface area is 107 Å². The van der Waals surface area contributed by atoms with Crippen molar-refractivity contribution >= 4 is 5.65 Å². The molecule has 0 aliphatic carbocycles. The smallest absolute Gasteiger partial charge is 0.279 e. The fourth-order valence-electron chi connectivity index (χ4n) is 2.07. The van der Waals surface area contributed by atoms with E-state index in [0.29, 0.717) is 0 Å². The number of benzene rings is 1. The molecule has 0 aliphatic heterocycles. The second kappa shape index (κ2) is 3.94.